The second kappa shape index (κ2) is 5.99. The van der Waals surface area contributed by atoms with Crippen molar-refractivity contribution >= 4 is 6.09 Å². The third-order valence-corrected chi connectivity index (χ3v) is 2.84. The van der Waals surface area contributed by atoms with Gasteiger partial charge in [-0.2, -0.15) is 5.10 Å². The van der Waals surface area contributed by atoms with Crippen LogP contribution in [0, 0.1) is 6.92 Å². The van der Waals surface area contributed by atoms with Crippen LogP contribution in [0.5, 0.6) is 0 Å². The fraction of sp³-hybridized carbons (Fsp3) is 0.375. The highest BCUT2D eigenvalue weighted by molar-refractivity contribution is 5.67. The highest BCUT2D eigenvalue weighted by Gasteiger charge is 2.16. The molecule has 0 spiro atoms. The number of ether oxygens (including phenoxy) is 1. The molecular formula is C16H21N3O2. The second-order valence-corrected chi connectivity index (χ2v) is 5.88. The van der Waals surface area contributed by atoms with E-state index in [1.165, 1.54) is 0 Å². The fourth-order valence-electron chi connectivity index (χ4n) is 1.86. The van der Waals surface area contributed by atoms with Gasteiger partial charge in [0.05, 0.1) is 11.4 Å². The smallest absolute Gasteiger partial charge is 0.407 e. The number of hydrogen-bond acceptors (Lipinski definition) is 3. The Morgan fingerprint density at radius 1 is 1.29 bits per heavy atom. The van der Waals surface area contributed by atoms with Gasteiger partial charge >= 0.3 is 6.09 Å². The summed E-state index contributed by atoms with van der Waals surface area (Å²) in [4.78, 5) is 11.7. The molecule has 0 aliphatic carbocycles. The molecule has 1 aromatic heterocycles. The van der Waals surface area contributed by atoms with Gasteiger partial charge in [-0.25, -0.2) is 9.48 Å². The molecule has 0 aliphatic heterocycles. The summed E-state index contributed by atoms with van der Waals surface area (Å²) in [7, 11) is 0. The van der Waals surface area contributed by atoms with Crippen molar-refractivity contribution in [1.82, 2.24) is 15.1 Å². The summed E-state index contributed by atoms with van der Waals surface area (Å²) in [6, 6.07) is 9.86. The maximum atomic E-state index is 11.7. The van der Waals surface area contributed by atoms with Crippen LogP contribution in [0.1, 0.15) is 32.0 Å². The predicted molar refractivity (Wildman–Crippen MR) is 81.4 cm³/mol. The summed E-state index contributed by atoms with van der Waals surface area (Å²) in [6.07, 6.45) is 1.50. The first-order valence-corrected chi connectivity index (χ1v) is 6.92. The maximum Gasteiger partial charge on any atom is 0.407 e. The molecule has 1 aromatic carbocycles. The summed E-state index contributed by atoms with van der Waals surface area (Å²) in [5.41, 5.74) is 2.34. The van der Waals surface area contributed by atoms with Crippen LogP contribution in [0.2, 0.25) is 0 Å². The van der Waals surface area contributed by atoms with E-state index in [-0.39, 0.29) is 0 Å². The molecule has 5 nitrogen and oxygen atoms in total. The number of benzene rings is 1. The second-order valence-electron chi connectivity index (χ2n) is 5.88. The molecule has 0 bridgehead atoms. The summed E-state index contributed by atoms with van der Waals surface area (Å²) >= 11 is 0. The number of nitrogens with zero attached hydrogens (tertiary/aromatic N) is 2. The number of aryl methyl sites for hydroxylation is 1. The molecule has 0 unspecified atom stereocenters. The maximum absolute atomic E-state index is 11.7. The Bertz CT molecular complexity index is 612. The monoisotopic (exact) mass is 287 g/mol. The number of hydrogen-bond donors (Lipinski definition) is 1. The van der Waals surface area contributed by atoms with E-state index in [2.05, 4.69) is 10.4 Å². The van der Waals surface area contributed by atoms with Crippen molar-refractivity contribution in [1.29, 1.82) is 0 Å². The van der Waals surface area contributed by atoms with E-state index in [9.17, 15) is 4.79 Å². The van der Waals surface area contributed by atoms with E-state index in [0.29, 0.717) is 6.54 Å². The fourth-order valence-corrected chi connectivity index (χ4v) is 1.86. The Morgan fingerprint density at radius 2 is 1.95 bits per heavy atom. The van der Waals surface area contributed by atoms with Crippen molar-refractivity contribution in [3.05, 3.63) is 47.8 Å². The summed E-state index contributed by atoms with van der Waals surface area (Å²) in [5.74, 6) is 0. The molecule has 0 fully saturated rings. The highest BCUT2D eigenvalue weighted by Crippen LogP contribution is 2.12. The Balaban J connectivity index is 2.02. The van der Waals surface area contributed by atoms with Crippen LogP contribution < -0.4 is 5.32 Å². The van der Waals surface area contributed by atoms with E-state index in [1.54, 1.807) is 4.68 Å². The highest BCUT2D eigenvalue weighted by atomic mass is 16.6. The average molecular weight is 287 g/mol. The number of aromatic nitrogens is 2. The largest absolute Gasteiger partial charge is 0.444 e. The first-order valence-electron chi connectivity index (χ1n) is 6.92. The zero-order valence-electron chi connectivity index (χ0n) is 12.9. The molecule has 0 atom stereocenters. The number of para-hydroxylation sites is 1. The number of alkyl carbamates (subject to hydrolysis) is 1. The minimum Gasteiger partial charge on any atom is -0.444 e. The normalized spacial score (nSPS) is 11.2. The molecule has 0 saturated carbocycles. The van der Waals surface area contributed by atoms with E-state index >= 15 is 0 Å². The molecule has 1 heterocycles. The topological polar surface area (TPSA) is 56.2 Å². The number of amides is 1. The predicted octanol–water partition coefficient (Wildman–Crippen LogP) is 3.21. The lowest BCUT2D eigenvalue weighted by Gasteiger charge is -2.19. The molecule has 0 radical (unpaired) electrons. The van der Waals surface area contributed by atoms with Crippen LogP contribution >= 0.6 is 0 Å². The van der Waals surface area contributed by atoms with Crippen LogP contribution in [0.3, 0.4) is 0 Å². The van der Waals surface area contributed by atoms with Crippen LogP contribution in [0.15, 0.2) is 36.5 Å². The lowest BCUT2D eigenvalue weighted by Crippen LogP contribution is -2.32. The van der Waals surface area contributed by atoms with Crippen LogP contribution in [0.25, 0.3) is 5.69 Å². The van der Waals surface area contributed by atoms with Gasteiger partial charge in [-0.15, -0.1) is 0 Å². The number of carbonyl (C=O) groups excluding carboxylic acids is 1. The molecule has 0 aliphatic rings. The van der Waals surface area contributed by atoms with Gasteiger partial charge in [-0.1, -0.05) is 18.2 Å². The Labute approximate surface area is 124 Å². The Morgan fingerprint density at radius 3 is 2.57 bits per heavy atom. The van der Waals surface area contributed by atoms with Crippen LogP contribution in [-0.4, -0.2) is 21.5 Å². The van der Waals surface area contributed by atoms with Crippen molar-refractivity contribution in [2.75, 3.05) is 0 Å². The summed E-state index contributed by atoms with van der Waals surface area (Å²) in [5, 5.41) is 7.20. The van der Waals surface area contributed by atoms with Crippen molar-refractivity contribution in [2.24, 2.45) is 0 Å². The van der Waals surface area contributed by atoms with Crippen molar-refractivity contribution in [2.45, 2.75) is 39.8 Å². The van der Waals surface area contributed by atoms with Crippen molar-refractivity contribution in [3.8, 4) is 5.69 Å². The van der Waals surface area contributed by atoms with Gasteiger partial charge in [0, 0.05) is 18.3 Å². The SMILES string of the molecule is Cc1nn(-c2ccccc2)cc1CNC(=O)OC(C)(C)C. The van der Waals surface area contributed by atoms with E-state index in [4.69, 9.17) is 4.74 Å². The van der Waals surface area contributed by atoms with E-state index < -0.39 is 11.7 Å². The molecule has 1 N–H and O–H groups in total. The van der Waals surface area contributed by atoms with E-state index in [1.807, 2.05) is 64.2 Å². The third-order valence-electron chi connectivity index (χ3n) is 2.84. The van der Waals surface area contributed by atoms with Crippen LogP contribution in [0.4, 0.5) is 4.79 Å². The lowest BCUT2D eigenvalue weighted by atomic mass is 10.2. The van der Waals surface area contributed by atoms with Gasteiger partial charge in [0.25, 0.3) is 0 Å². The van der Waals surface area contributed by atoms with Gasteiger partial charge in [-0.3, -0.25) is 0 Å². The molecule has 2 rings (SSSR count). The summed E-state index contributed by atoms with van der Waals surface area (Å²) in [6.45, 7) is 7.83. The molecule has 2 aromatic rings. The molecule has 1 amide bonds. The minimum absolute atomic E-state index is 0.396. The van der Waals surface area contributed by atoms with Crippen LogP contribution in [-0.2, 0) is 11.3 Å². The van der Waals surface area contributed by atoms with Gasteiger partial charge in [0.1, 0.15) is 5.60 Å². The number of nitrogens with one attached hydrogen (secondary N) is 1. The molecule has 0 saturated heterocycles. The van der Waals surface area contributed by atoms with Crippen molar-refractivity contribution in [3.63, 3.8) is 0 Å². The third kappa shape index (κ3) is 4.34. The standard InChI is InChI=1S/C16H21N3O2/c1-12-13(10-17-15(20)21-16(2,3)4)11-19(18-12)14-8-6-5-7-9-14/h5-9,11H,10H2,1-4H3,(H,17,20). The first kappa shape index (κ1) is 15.1. The Hall–Kier alpha value is -2.30. The van der Waals surface area contributed by atoms with Gasteiger partial charge < -0.3 is 10.1 Å². The van der Waals surface area contributed by atoms with Gasteiger partial charge in [0.15, 0.2) is 0 Å². The zero-order chi connectivity index (χ0) is 15.5. The number of carbonyl (C=O) groups is 1. The molecular weight excluding hydrogens is 266 g/mol. The average Bonchev–Trinajstić information content (AvgIpc) is 2.77. The van der Waals surface area contributed by atoms with Gasteiger partial charge in [0.2, 0.25) is 0 Å². The lowest BCUT2D eigenvalue weighted by molar-refractivity contribution is 0.0523. The quantitative estimate of drug-likeness (QED) is 0.943. The molecule has 21 heavy (non-hydrogen) atoms. The van der Waals surface area contributed by atoms with E-state index in [0.717, 1.165) is 16.9 Å². The van der Waals surface area contributed by atoms with Gasteiger partial charge in [-0.05, 0) is 39.8 Å². The summed E-state index contributed by atoms with van der Waals surface area (Å²) < 4.78 is 7.02. The zero-order valence-corrected chi connectivity index (χ0v) is 12.9. The van der Waals surface area contributed by atoms with Crippen molar-refractivity contribution < 1.29 is 9.53 Å². The molecule has 5 heteroatoms. The Kier molecular flexibility index (Phi) is 4.31. The first-order chi connectivity index (χ1) is 9.85. The minimum atomic E-state index is -0.493. The number of rotatable bonds is 3. The molecule has 112 valence electrons.